The smallest absolute Gasteiger partial charge is 0.130 e. The summed E-state index contributed by atoms with van der Waals surface area (Å²) in [5.41, 5.74) is 2.32. The van der Waals surface area contributed by atoms with Crippen molar-refractivity contribution in [2.24, 2.45) is 13.0 Å². The molecule has 5 nitrogen and oxygen atoms in total. The van der Waals surface area contributed by atoms with E-state index in [2.05, 4.69) is 55.4 Å². The quantitative estimate of drug-likeness (QED) is 0.891. The highest BCUT2D eigenvalue weighted by Gasteiger charge is 2.36. The first-order valence-electron chi connectivity index (χ1n) is 7.96. The number of aromatic nitrogens is 2. The molecule has 0 amide bonds. The number of furan rings is 1. The van der Waals surface area contributed by atoms with Crippen LogP contribution in [0, 0.1) is 12.8 Å². The number of hydrogen-bond donors (Lipinski definition) is 1. The zero-order chi connectivity index (χ0) is 15.9. The minimum atomic E-state index is 0.648. The van der Waals surface area contributed by atoms with E-state index in [4.69, 9.17) is 4.42 Å². The Kier molecular flexibility index (Phi) is 4.00. The largest absolute Gasteiger partial charge is 0.464 e. The molecule has 2 aromatic rings. The van der Waals surface area contributed by atoms with E-state index in [1.54, 1.807) is 0 Å². The van der Waals surface area contributed by atoms with Gasteiger partial charge in [0.1, 0.15) is 17.3 Å². The standard InChI is InChI=1S/C17H26N4O/c1-11-8-14(11)16-7-6-13(22-16)9-18-10-15-12(2)19-21(5)17(15)20(3)4/h6-7,11,14,18H,8-10H2,1-5H3/t11-,14-/m0/s1. The first-order chi connectivity index (χ1) is 10.5. The van der Waals surface area contributed by atoms with Gasteiger partial charge in [0, 0.05) is 39.2 Å². The lowest BCUT2D eigenvalue weighted by atomic mass is 10.2. The summed E-state index contributed by atoms with van der Waals surface area (Å²) in [5, 5.41) is 7.99. The Labute approximate surface area is 132 Å². The Morgan fingerprint density at radius 1 is 1.36 bits per heavy atom. The lowest BCUT2D eigenvalue weighted by Crippen LogP contribution is -2.18. The fraction of sp³-hybridized carbons (Fsp3) is 0.588. The summed E-state index contributed by atoms with van der Waals surface area (Å²) in [7, 11) is 6.09. The summed E-state index contributed by atoms with van der Waals surface area (Å²) < 4.78 is 7.87. The van der Waals surface area contributed by atoms with Crippen molar-refractivity contribution in [1.82, 2.24) is 15.1 Å². The van der Waals surface area contributed by atoms with Gasteiger partial charge in [-0.1, -0.05) is 6.92 Å². The van der Waals surface area contributed by atoms with E-state index in [1.807, 2.05) is 11.7 Å². The van der Waals surface area contributed by atoms with Gasteiger partial charge in [-0.15, -0.1) is 0 Å². The molecule has 0 unspecified atom stereocenters. The Hall–Kier alpha value is -1.75. The Bertz CT molecular complexity index is 656. The number of hydrogen-bond acceptors (Lipinski definition) is 4. The maximum Gasteiger partial charge on any atom is 0.130 e. The van der Waals surface area contributed by atoms with Gasteiger partial charge in [0.2, 0.25) is 0 Å². The first-order valence-corrected chi connectivity index (χ1v) is 7.96. The Morgan fingerprint density at radius 3 is 2.73 bits per heavy atom. The van der Waals surface area contributed by atoms with E-state index in [1.165, 1.54) is 12.0 Å². The highest BCUT2D eigenvalue weighted by molar-refractivity contribution is 5.48. The van der Waals surface area contributed by atoms with Gasteiger partial charge in [-0.05, 0) is 31.4 Å². The minimum Gasteiger partial charge on any atom is -0.464 e. The van der Waals surface area contributed by atoms with Gasteiger partial charge in [-0.25, -0.2) is 0 Å². The number of rotatable bonds is 6. The van der Waals surface area contributed by atoms with Crippen molar-refractivity contribution in [3.05, 3.63) is 34.9 Å². The first kappa shape index (κ1) is 15.2. The third kappa shape index (κ3) is 2.90. The summed E-state index contributed by atoms with van der Waals surface area (Å²) in [5.74, 6) is 4.75. The topological polar surface area (TPSA) is 46.2 Å². The summed E-state index contributed by atoms with van der Waals surface area (Å²) >= 11 is 0. The van der Waals surface area contributed by atoms with Gasteiger partial charge in [0.05, 0.1) is 12.2 Å². The second-order valence-corrected chi connectivity index (χ2v) is 6.63. The van der Waals surface area contributed by atoms with E-state index < -0.39 is 0 Å². The molecule has 1 aliphatic carbocycles. The molecule has 2 heterocycles. The van der Waals surface area contributed by atoms with Crippen LogP contribution < -0.4 is 10.2 Å². The molecule has 120 valence electrons. The third-order valence-corrected chi connectivity index (χ3v) is 4.50. The second kappa shape index (κ2) is 5.80. The van der Waals surface area contributed by atoms with E-state index in [-0.39, 0.29) is 0 Å². The molecule has 1 aliphatic rings. The molecule has 3 rings (SSSR count). The van der Waals surface area contributed by atoms with Gasteiger partial charge in [-0.2, -0.15) is 5.10 Å². The summed E-state index contributed by atoms with van der Waals surface area (Å²) in [6.07, 6.45) is 1.27. The monoisotopic (exact) mass is 302 g/mol. The average molecular weight is 302 g/mol. The fourth-order valence-corrected chi connectivity index (χ4v) is 3.17. The summed E-state index contributed by atoms with van der Waals surface area (Å²) in [6.45, 7) is 5.88. The molecular formula is C17H26N4O. The van der Waals surface area contributed by atoms with Crippen LogP contribution in [0.1, 0.15) is 42.0 Å². The van der Waals surface area contributed by atoms with Gasteiger partial charge in [0.15, 0.2) is 0 Å². The van der Waals surface area contributed by atoms with Crippen LogP contribution in [-0.4, -0.2) is 23.9 Å². The maximum atomic E-state index is 5.94. The van der Waals surface area contributed by atoms with Crippen molar-refractivity contribution in [3.63, 3.8) is 0 Å². The number of nitrogens with one attached hydrogen (secondary N) is 1. The van der Waals surface area contributed by atoms with Crippen LogP contribution >= 0.6 is 0 Å². The van der Waals surface area contributed by atoms with Crippen LogP contribution in [-0.2, 0) is 20.1 Å². The van der Waals surface area contributed by atoms with Crippen molar-refractivity contribution >= 4 is 5.82 Å². The van der Waals surface area contributed by atoms with Crippen LogP contribution in [0.25, 0.3) is 0 Å². The predicted molar refractivity (Wildman–Crippen MR) is 88.0 cm³/mol. The van der Waals surface area contributed by atoms with E-state index in [0.29, 0.717) is 5.92 Å². The second-order valence-electron chi connectivity index (χ2n) is 6.63. The normalized spacial score (nSPS) is 20.4. The molecule has 0 bridgehead atoms. The molecule has 5 heteroatoms. The Morgan fingerprint density at radius 2 is 2.09 bits per heavy atom. The van der Waals surface area contributed by atoms with E-state index in [9.17, 15) is 0 Å². The minimum absolute atomic E-state index is 0.648. The van der Waals surface area contributed by atoms with Gasteiger partial charge < -0.3 is 14.6 Å². The van der Waals surface area contributed by atoms with Crippen LogP contribution in [0.4, 0.5) is 5.82 Å². The lowest BCUT2D eigenvalue weighted by molar-refractivity contribution is 0.444. The van der Waals surface area contributed by atoms with Gasteiger partial charge in [-0.3, -0.25) is 4.68 Å². The molecule has 0 spiro atoms. The number of aryl methyl sites for hydroxylation is 2. The number of anilines is 1. The van der Waals surface area contributed by atoms with E-state index in [0.717, 1.165) is 42.0 Å². The molecule has 2 atom stereocenters. The molecule has 0 saturated heterocycles. The third-order valence-electron chi connectivity index (χ3n) is 4.50. The fourth-order valence-electron chi connectivity index (χ4n) is 3.17. The molecule has 1 N–H and O–H groups in total. The van der Waals surface area contributed by atoms with E-state index >= 15 is 0 Å². The predicted octanol–water partition coefficient (Wildman–Crippen LogP) is 2.80. The van der Waals surface area contributed by atoms with Gasteiger partial charge in [0.25, 0.3) is 0 Å². The molecule has 0 radical (unpaired) electrons. The molecule has 0 aliphatic heterocycles. The molecular weight excluding hydrogens is 276 g/mol. The molecule has 22 heavy (non-hydrogen) atoms. The molecule has 1 fully saturated rings. The molecule has 0 aromatic carbocycles. The Balaban J connectivity index is 1.60. The van der Waals surface area contributed by atoms with Crippen molar-refractivity contribution in [3.8, 4) is 0 Å². The average Bonchev–Trinajstić information content (AvgIpc) is 2.88. The van der Waals surface area contributed by atoms with Crippen molar-refractivity contribution < 1.29 is 4.42 Å². The maximum absolute atomic E-state index is 5.94. The van der Waals surface area contributed by atoms with Crippen LogP contribution in [0.2, 0.25) is 0 Å². The number of nitrogens with zero attached hydrogens (tertiary/aromatic N) is 3. The van der Waals surface area contributed by atoms with Crippen LogP contribution in [0.5, 0.6) is 0 Å². The zero-order valence-electron chi connectivity index (χ0n) is 14.2. The van der Waals surface area contributed by atoms with Crippen molar-refractivity contribution in [1.29, 1.82) is 0 Å². The van der Waals surface area contributed by atoms with Crippen molar-refractivity contribution in [2.45, 2.75) is 39.3 Å². The summed E-state index contributed by atoms with van der Waals surface area (Å²) in [6, 6.07) is 4.22. The molecule has 2 aromatic heterocycles. The SMILES string of the molecule is Cc1nn(C)c(N(C)C)c1CNCc1ccc([C@H]2C[C@@H]2C)o1. The zero-order valence-corrected chi connectivity index (χ0v) is 14.2. The molecule has 1 saturated carbocycles. The lowest BCUT2D eigenvalue weighted by Gasteiger charge is -2.15. The highest BCUT2D eigenvalue weighted by atomic mass is 16.3. The van der Waals surface area contributed by atoms with Crippen molar-refractivity contribution in [2.75, 3.05) is 19.0 Å². The van der Waals surface area contributed by atoms with Crippen LogP contribution in [0.15, 0.2) is 16.5 Å². The highest BCUT2D eigenvalue weighted by Crippen LogP contribution is 2.47. The van der Waals surface area contributed by atoms with Gasteiger partial charge >= 0.3 is 0 Å². The summed E-state index contributed by atoms with van der Waals surface area (Å²) in [4.78, 5) is 2.11. The van der Waals surface area contributed by atoms with Crippen LogP contribution in [0.3, 0.4) is 0 Å².